The van der Waals surface area contributed by atoms with Crippen molar-refractivity contribution in [1.29, 1.82) is 0 Å². The van der Waals surface area contributed by atoms with Crippen molar-refractivity contribution in [2.45, 2.75) is 37.5 Å². The molecule has 8 nitrogen and oxygen atoms in total. The highest BCUT2D eigenvalue weighted by atomic mass is 127. The van der Waals surface area contributed by atoms with Gasteiger partial charge in [0.05, 0.1) is 22.6 Å². The van der Waals surface area contributed by atoms with Crippen molar-refractivity contribution in [2.24, 2.45) is 0 Å². The molecule has 3 atom stereocenters. The minimum Gasteiger partial charge on any atom is -0.482 e. The third-order valence-corrected chi connectivity index (χ3v) is 8.33. The monoisotopic (exact) mass is 679 g/mol. The van der Waals surface area contributed by atoms with Gasteiger partial charge in [0.25, 0.3) is 0 Å². The van der Waals surface area contributed by atoms with Gasteiger partial charge < -0.3 is 30.2 Å². The Morgan fingerprint density at radius 1 is 1.02 bits per heavy atom. The van der Waals surface area contributed by atoms with Crippen LogP contribution in [0.2, 0.25) is 0 Å². The Kier molecular flexibility index (Phi) is 9.93. The number of ether oxygens (including phenoxy) is 1. The molecule has 0 unspecified atom stereocenters. The summed E-state index contributed by atoms with van der Waals surface area (Å²) in [6.07, 6.45) is 0.532. The van der Waals surface area contributed by atoms with Gasteiger partial charge in [0, 0.05) is 42.7 Å². The second-order valence-electron chi connectivity index (χ2n) is 10.3. The van der Waals surface area contributed by atoms with E-state index in [1.165, 1.54) is 0 Å². The Hall–Kier alpha value is -3.67. The number of carbonyl (C=O) groups is 2. The molecule has 42 heavy (non-hydrogen) atoms. The quantitative estimate of drug-likeness (QED) is 0.179. The summed E-state index contributed by atoms with van der Waals surface area (Å²) in [6.45, 7) is 0.239. The molecule has 0 bridgehead atoms. The van der Waals surface area contributed by atoms with Gasteiger partial charge in [-0.3, -0.25) is 9.59 Å². The molecule has 9 heteroatoms. The van der Waals surface area contributed by atoms with Gasteiger partial charge in [-0.25, -0.2) is 0 Å². The molecule has 0 radical (unpaired) electrons. The van der Waals surface area contributed by atoms with E-state index in [1.54, 1.807) is 11.0 Å². The largest absolute Gasteiger partial charge is 0.482 e. The number of aliphatic hydroxyl groups is 2. The number of amides is 2. The average molecular weight is 680 g/mol. The lowest BCUT2D eigenvalue weighted by Crippen LogP contribution is -2.56. The number of carbonyl (C=O) groups excluding carboxylic acids is 2. The van der Waals surface area contributed by atoms with Crippen molar-refractivity contribution >= 4 is 45.3 Å². The lowest BCUT2D eigenvalue weighted by Gasteiger charge is -2.40. The Morgan fingerprint density at radius 2 is 1.76 bits per heavy atom. The molecular formula is C33H34IN3O5. The molecule has 1 heterocycles. The standard InChI is InChI=1S/C33H34IN3O5/c34-26-11-5-7-13-29(26)42-30-21-24(33(41)35-15-17-38)20-28(32(30)40)37(31(39)18-22-8-2-1-3-9-22)16-14-25-19-23-10-4-6-12-27(23)36-25/h1-13,19,21,28,30,32,36,38,40H,14-18,20H2,(H,35,41)/t28-,30+,32+/m1/s1. The molecule has 1 aliphatic carbocycles. The van der Waals surface area contributed by atoms with Gasteiger partial charge in [-0.05, 0) is 63.9 Å². The number of aromatic nitrogens is 1. The van der Waals surface area contributed by atoms with Crippen LogP contribution >= 0.6 is 22.6 Å². The summed E-state index contributed by atoms with van der Waals surface area (Å²) in [5.41, 5.74) is 3.26. The lowest BCUT2D eigenvalue weighted by molar-refractivity contribution is -0.137. The van der Waals surface area contributed by atoms with Crippen LogP contribution < -0.4 is 10.1 Å². The van der Waals surface area contributed by atoms with Crippen LogP contribution in [0.4, 0.5) is 0 Å². The van der Waals surface area contributed by atoms with Gasteiger partial charge in [0.15, 0.2) is 0 Å². The van der Waals surface area contributed by atoms with Crippen molar-refractivity contribution in [2.75, 3.05) is 19.7 Å². The normalized spacial score (nSPS) is 18.4. The molecule has 4 N–H and O–H groups in total. The maximum absolute atomic E-state index is 13.9. The molecule has 4 aromatic rings. The third kappa shape index (κ3) is 7.21. The molecule has 218 valence electrons. The number of nitrogens with zero attached hydrogens (tertiary/aromatic N) is 1. The van der Waals surface area contributed by atoms with E-state index in [-0.39, 0.29) is 37.8 Å². The maximum Gasteiger partial charge on any atom is 0.247 e. The van der Waals surface area contributed by atoms with Crippen molar-refractivity contribution in [3.05, 3.63) is 111 Å². The fourth-order valence-electron chi connectivity index (χ4n) is 5.32. The second kappa shape index (κ2) is 14.0. The van der Waals surface area contributed by atoms with Crippen LogP contribution in [0, 0.1) is 3.57 Å². The van der Waals surface area contributed by atoms with E-state index in [1.807, 2.05) is 78.9 Å². The highest BCUT2D eigenvalue weighted by molar-refractivity contribution is 14.1. The second-order valence-corrected chi connectivity index (χ2v) is 11.5. The number of aliphatic hydroxyl groups excluding tert-OH is 2. The fourth-order valence-corrected chi connectivity index (χ4v) is 5.84. The molecule has 0 fully saturated rings. The van der Waals surface area contributed by atoms with Crippen molar-refractivity contribution in [3.63, 3.8) is 0 Å². The number of rotatable bonds is 11. The average Bonchev–Trinajstić information content (AvgIpc) is 3.42. The number of aromatic amines is 1. The molecule has 5 rings (SSSR count). The third-order valence-electron chi connectivity index (χ3n) is 7.44. The maximum atomic E-state index is 13.9. The SMILES string of the molecule is O=C(NCCO)C1=C[C@H](Oc2ccccc2I)[C@@H](O)[C@H](N(CCc2cc3ccccc3[nH]2)C(=O)Cc2ccccc2)C1. The number of H-pyrrole nitrogens is 1. The Morgan fingerprint density at radius 3 is 2.52 bits per heavy atom. The summed E-state index contributed by atoms with van der Waals surface area (Å²) >= 11 is 2.17. The predicted octanol–water partition coefficient (Wildman–Crippen LogP) is 4.00. The van der Waals surface area contributed by atoms with Crippen LogP contribution in [0.15, 0.2) is 96.6 Å². The van der Waals surface area contributed by atoms with Gasteiger partial charge in [-0.2, -0.15) is 0 Å². The summed E-state index contributed by atoms with van der Waals surface area (Å²) in [4.78, 5) is 32.1. The van der Waals surface area contributed by atoms with Gasteiger partial charge >= 0.3 is 0 Å². The van der Waals surface area contributed by atoms with E-state index in [2.05, 4.69) is 39.0 Å². The number of halogens is 1. The van der Waals surface area contributed by atoms with Crippen molar-refractivity contribution < 1.29 is 24.5 Å². The Balaban J connectivity index is 1.46. The van der Waals surface area contributed by atoms with E-state index in [4.69, 9.17) is 4.74 Å². The zero-order valence-electron chi connectivity index (χ0n) is 23.1. The predicted molar refractivity (Wildman–Crippen MR) is 170 cm³/mol. The van der Waals surface area contributed by atoms with Crippen LogP contribution in [0.1, 0.15) is 17.7 Å². The van der Waals surface area contributed by atoms with Gasteiger partial charge in [-0.1, -0.05) is 60.7 Å². The van der Waals surface area contributed by atoms with Gasteiger partial charge in [0.1, 0.15) is 18.0 Å². The minimum atomic E-state index is -1.09. The molecule has 0 saturated heterocycles. The Labute approximate surface area is 258 Å². The molecule has 2 amide bonds. The van der Waals surface area contributed by atoms with E-state index < -0.39 is 18.2 Å². The number of hydrogen-bond acceptors (Lipinski definition) is 5. The first-order chi connectivity index (χ1) is 20.4. The summed E-state index contributed by atoms with van der Waals surface area (Å²) < 4.78 is 7.12. The first-order valence-corrected chi connectivity index (χ1v) is 15.1. The molecular weight excluding hydrogens is 645 g/mol. The van der Waals surface area contributed by atoms with Crippen LogP contribution in [0.3, 0.4) is 0 Å². The highest BCUT2D eigenvalue weighted by Gasteiger charge is 2.40. The van der Waals surface area contributed by atoms with E-state index in [0.29, 0.717) is 24.3 Å². The summed E-state index contributed by atoms with van der Waals surface area (Å²) in [6, 6.07) is 26.3. The topological polar surface area (TPSA) is 115 Å². The van der Waals surface area contributed by atoms with Gasteiger partial charge in [-0.15, -0.1) is 0 Å². The summed E-state index contributed by atoms with van der Waals surface area (Å²) in [5, 5.41) is 24.8. The van der Waals surface area contributed by atoms with Crippen molar-refractivity contribution in [3.8, 4) is 5.75 Å². The summed E-state index contributed by atoms with van der Waals surface area (Å²) in [7, 11) is 0. The Bertz CT molecular complexity index is 1520. The molecule has 3 aromatic carbocycles. The van der Waals surface area contributed by atoms with Crippen LogP contribution in [-0.4, -0.2) is 69.9 Å². The van der Waals surface area contributed by atoms with Crippen LogP contribution in [0.25, 0.3) is 10.9 Å². The number of para-hydroxylation sites is 2. The molecule has 0 spiro atoms. The minimum absolute atomic E-state index is 0.0997. The number of hydrogen-bond donors (Lipinski definition) is 4. The van der Waals surface area contributed by atoms with Crippen LogP contribution in [0.5, 0.6) is 5.75 Å². The smallest absolute Gasteiger partial charge is 0.247 e. The number of nitrogens with one attached hydrogen (secondary N) is 2. The first kappa shape index (κ1) is 29.8. The molecule has 1 aromatic heterocycles. The number of benzene rings is 3. The summed E-state index contributed by atoms with van der Waals surface area (Å²) in [5.74, 6) is 0.0733. The first-order valence-electron chi connectivity index (χ1n) is 14.0. The molecule has 0 aliphatic heterocycles. The van der Waals surface area contributed by atoms with E-state index in [0.717, 1.165) is 25.7 Å². The fraction of sp³-hybridized carbons (Fsp3) is 0.273. The molecule has 0 saturated carbocycles. The van der Waals surface area contributed by atoms with Gasteiger partial charge in [0.2, 0.25) is 11.8 Å². The zero-order chi connectivity index (χ0) is 29.5. The highest BCUT2D eigenvalue weighted by Crippen LogP contribution is 2.30. The van der Waals surface area contributed by atoms with Crippen molar-refractivity contribution in [1.82, 2.24) is 15.2 Å². The molecule has 1 aliphatic rings. The van der Waals surface area contributed by atoms with E-state index >= 15 is 0 Å². The van der Waals surface area contributed by atoms with E-state index in [9.17, 15) is 19.8 Å². The van der Waals surface area contributed by atoms with Crippen LogP contribution in [-0.2, 0) is 22.4 Å². The zero-order valence-corrected chi connectivity index (χ0v) is 25.2. The number of fused-ring (bicyclic) bond motifs is 1. The lowest BCUT2D eigenvalue weighted by atomic mass is 9.87.